The molecule has 0 radical (unpaired) electrons. The Labute approximate surface area is 169 Å². The van der Waals surface area contributed by atoms with E-state index in [1.54, 1.807) is 12.1 Å². The van der Waals surface area contributed by atoms with E-state index in [2.05, 4.69) is 20.4 Å². The molecule has 4 aromatic rings. The Morgan fingerprint density at radius 1 is 1.00 bits per heavy atom. The summed E-state index contributed by atoms with van der Waals surface area (Å²) in [5.74, 6) is -0.544. The Hall–Kier alpha value is -4.40. The number of amides is 1. The largest absolute Gasteiger partial charge is 0.508 e. The molecule has 4 rings (SSSR count). The van der Waals surface area contributed by atoms with Gasteiger partial charge in [0.25, 0.3) is 11.5 Å². The standard InChI is InChI=1S/C21H14FN5O3/c22-14-4-6-16(7-5-14)27-19(29)9-8-18(26-27)21(30)25-15-11-23-20(24-12-15)13-2-1-3-17(28)10-13/h1-12,28H,(H,25,30). The van der Waals surface area contributed by atoms with Gasteiger partial charge in [-0.25, -0.2) is 14.4 Å². The van der Waals surface area contributed by atoms with Gasteiger partial charge >= 0.3 is 0 Å². The van der Waals surface area contributed by atoms with E-state index >= 15 is 0 Å². The second kappa shape index (κ2) is 7.92. The van der Waals surface area contributed by atoms with Crippen LogP contribution in [0.4, 0.5) is 10.1 Å². The van der Waals surface area contributed by atoms with E-state index in [-0.39, 0.29) is 11.4 Å². The fraction of sp³-hybridized carbons (Fsp3) is 0. The highest BCUT2D eigenvalue weighted by Crippen LogP contribution is 2.20. The third kappa shape index (κ3) is 4.04. The Bertz CT molecular complexity index is 1270. The van der Waals surface area contributed by atoms with Crippen molar-refractivity contribution < 1.29 is 14.3 Å². The van der Waals surface area contributed by atoms with Crippen molar-refractivity contribution in [1.82, 2.24) is 19.7 Å². The highest BCUT2D eigenvalue weighted by atomic mass is 19.1. The molecule has 0 spiro atoms. The van der Waals surface area contributed by atoms with Gasteiger partial charge in [0.15, 0.2) is 5.82 Å². The summed E-state index contributed by atoms with van der Waals surface area (Å²) in [7, 11) is 0. The van der Waals surface area contributed by atoms with Gasteiger partial charge in [0, 0.05) is 11.6 Å². The molecule has 0 bridgehead atoms. The van der Waals surface area contributed by atoms with Crippen molar-refractivity contribution >= 4 is 11.6 Å². The molecule has 2 N–H and O–H groups in total. The number of hydrogen-bond acceptors (Lipinski definition) is 6. The van der Waals surface area contributed by atoms with Gasteiger partial charge in [-0.1, -0.05) is 12.1 Å². The van der Waals surface area contributed by atoms with Crippen molar-refractivity contribution in [2.75, 3.05) is 5.32 Å². The number of halogens is 1. The van der Waals surface area contributed by atoms with Gasteiger partial charge in [-0.3, -0.25) is 9.59 Å². The van der Waals surface area contributed by atoms with Crippen LogP contribution in [0.3, 0.4) is 0 Å². The quantitative estimate of drug-likeness (QED) is 0.542. The van der Waals surface area contributed by atoms with Crippen LogP contribution in [0.5, 0.6) is 5.75 Å². The first-order chi connectivity index (χ1) is 14.5. The van der Waals surface area contributed by atoms with E-state index in [1.807, 2.05) is 0 Å². The molecule has 0 atom stereocenters. The van der Waals surface area contributed by atoms with E-state index in [4.69, 9.17) is 0 Å². The number of anilines is 1. The number of nitrogens with zero attached hydrogens (tertiary/aromatic N) is 4. The number of phenolic OH excluding ortho intramolecular Hbond substituents is 1. The van der Waals surface area contributed by atoms with Gasteiger partial charge in [-0.15, -0.1) is 0 Å². The van der Waals surface area contributed by atoms with Crippen LogP contribution >= 0.6 is 0 Å². The summed E-state index contributed by atoms with van der Waals surface area (Å²) in [6.07, 6.45) is 2.83. The van der Waals surface area contributed by atoms with Crippen LogP contribution in [0.1, 0.15) is 10.5 Å². The lowest BCUT2D eigenvalue weighted by Gasteiger charge is -2.08. The zero-order valence-corrected chi connectivity index (χ0v) is 15.4. The van der Waals surface area contributed by atoms with E-state index in [0.29, 0.717) is 22.8 Å². The molecule has 0 aliphatic carbocycles. The Balaban J connectivity index is 1.55. The molecule has 8 nitrogen and oxygen atoms in total. The van der Waals surface area contributed by atoms with Crippen molar-refractivity contribution in [1.29, 1.82) is 0 Å². The zero-order chi connectivity index (χ0) is 21.1. The molecular formula is C21H14FN5O3. The maximum Gasteiger partial charge on any atom is 0.276 e. The maximum atomic E-state index is 13.1. The summed E-state index contributed by atoms with van der Waals surface area (Å²) in [4.78, 5) is 32.9. The van der Waals surface area contributed by atoms with Crippen LogP contribution in [0.2, 0.25) is 0 Å². The summed E-state index contributed by atoms with van der Waals surface area (Å²) in [6.45, 7) is 0. The average molecular weight is 403 g/mol. The summed E-state index contributed by atoms with van der Waals surface area (Å²) in [5, 5.41) is 16.2. The molecule has 0 saturated carbocycles. The average Bonchev–Trinajstić information content (AvgIpc) is 2.75. The number of hydrogen-bond donors (Lipinski definition) is 2. The van der Waals surface area contributed by atoms with E-state index in [1.165, 1.54) is 60.9 Å². The van der Waals surface area contributed by atoms with Crippen LogP contribution in [0, 0.1) is 5.82 Å². The van der Waals surface area contributed by atoms with Crippen LogP contribution in [0.25, 0.3) is 17.1 Å². The minimum Gasteiger partial charge on any atom is -0.508 e. The lowest BCUT2D eigenvalue weighted by molar-refractivity contribution is 0.102. The SMILES string of the molecule is O=C(Nc1cnc(-c2cccc(O)c2)nc1)c1ccc(=O)n(-c2ccc(F)cc2)n1. The monoisotopic (exact) mass is 403 g/mol. The minimum absolute atomic E-state index is 0.0176. The normalized spacial score (nSPS) is 10.6. The molecule has 2 aromatic carbocycles. The first-order valence-corrected chi connectivity index (χ1v) is 8.79. The van der Waals surface area contributed by atoms with E-state index in [9.17, 15) is 19.1 Å². The first-order valence-electron chi connectivity index (χ1n) is 8.79. The number of benzene rings is 2. The molecular weight excluding hydrogens is 389 g/mol. The summed E-state index contributed by atoms with van der Waals surface area (Å²) < 4.78 is 14.1. The Morgan fingerprint density at radius 3 is 2.43 bits per heavy atom. The minimum atomic E-state index is -0.570. The molecule has 0 aliphatic heterocycles. The summed E-state index contributed by atoms with van der Waals surface area (Å²) >= 11 is 0. The number of carbonyl (C=O) groups is 1. The Morgan fingerprint density at radius 2 is 1.73 bits per heavy atom. The molecule has 148 valence electrons. The lowest BCUT2D eigenvalue weighted by Crippen LogP contribution is -2.25. The Kier molecular flexibility index (Phi) is 5.00. The second-order valence-corrected chi connectivity index (χ2v) is 6.24. The van der Waals surface area contributed by atoms with E-state index < -0.39 is 17.3 Å². The zero-order valence-electron chi connectivity index (χ0n) is 15.4. The molecule has 0 unspecified atom stereocenters. The number of rotatable bonds is 4. The number of nitrogens with one attached hydrogen (secondary N) is 1. The third-order valence-electron chi connectivity index (χ3n) is 4.12. The molecule has 30 heavy (non-hydrogen) atoms. The van der Waals surface area contributed by atoms with Crippen molar-refractivity contribution in [3.8, 4) is 22.8 Å². The number of carbonyl (C=O) groups excluding carboxylic acids is 1. The first kappa shape index (κ1) is 18.9. The third-order valence-corrected chi connectivity index (χ3v) is 4.12. The number of aromatic hydroxyl groups is 1. The molecule has 0 saturated heterocycles. The molecule has 9 heteroatoms. The van der Waals surface area contributed by atoms with Gasteiger partial charge in [-0.05, 0) is 42.5 Å². The molecule has 2 aromatic heterocycles. The lowest BCUT2D eigenvalue weighted by atomic mass is 10.2. The van der Waals surface area contributed by atoms with Crippen LogP contribution in [-0.4, -0.2) is 30.8 Å². The number of aromatic nitrogens is 4. The van der Waals surface area contributed by atoms with Crippen molar-refractivity contribution in [2.45, 2.75) is 0 Å². The van der Waals surface area contributed by atoms with Gasteiger partial charge in [0.2, 0.25) is 0 Å². The van der Waals surface area contributed by atoms with Crippen LogP contribution < -0.4 is 10.9 Å². The molecule has 1 amide bonds. The van der Waals surface area contributed by atoms with Gasteiger partial charge in [-0.2, -0.15) is 9.78 Å². The van der Waals surface area contributed by atoms with Crippen LogP contribution in [-0.2, 0) is 0 Å². The van der Waals surface area contributed by atoms with Gasteiger partial charge in [0.05, 0.1) is 23.8 Å². The highest BCUT2D eigenvalue weighted by Gasteiger charge is 2.12. The molecule has 0 aliphatic rings. The van der Waals surface area contributed by atoms with Crippen molar-refractivity contribution in [3.63, 3.8) is 0 Å². The predicted octanol–water partition coefficient (Wildman–Crippen LogP) is 2.79. The summed E-state index contributed by atoms with van der Waals surface area (Å²) in [5.41, 5.74) is 0.800. The topological polar surface area (TPSA) is 110 Å². The fourth-order valence-corrected chi connectivity index (χ4v) is 2.68. The highest BCUT2D eigenvalue weighted by molar-refractivity contribution is 6.02. The maximum absolute atomic E-state index is 13.1. The van der Waals surface area contributed by atoms with Gasteiger partial charge < -0.3 is 10.4 Å². The van der Waals surface area contributed by atoms with Crippen LogP contribution in [0.15, 0.2) is 77.9 Å². The smallest absolute Gasteiger partial charge is 0.276 e. The second-order valence-electron chi connectivity index (χ2n) is 6.24. The number of phenols is 1. The van der Waals surface area contributed by atoms with Crippen molar-refractivity contribution in [2.24, 2.45) is 0 Å². The van der Waals surface area contributed by atoms with Gasteiger partial charge in [0.1, 0.15) is 17.3 Å². The molecule has 0 fully saturated rings. The molecule has 2 heterocycles. The fourth-order valence-electron chi connectivity index (χ4n) is 2.68. The predicted molar refractivity (Wildman–Crippen MR) is 107 cm³/mol. The summed E-state index contributed by atoms with van der Waals surface area (Å²) in [6, 6.07) is 14.1. The van der Waals surface area contributed by atoms with E-state index in [0.717, 1.165) is 4.68 Å². The van der Waals surface area contributed by atoms with Crippen molar-refractivity contribution in [3.05, 3.63) is 94.9 Å².